The first-order valence-electron chi connectivity index (χ1n) is 10.3. The van der Waals surface area contributed by atoms with E-state index in [0.717, 1.165) is 42.6 Å². The topological polar surface area (TPSA) is 92.2 Å². The Morgan fingerprint density at radius 2 is 2.10 bits per heavy atom. The lowest BCUT2D eigenvalue weighted by Crippen LogP contribution is -2.42. The van der Waals surface area contributed by atoms with Crippen molar-refractivity contribution in [1.82, 2.24) is 25.0 Å². The van der Waals surface area contributed by atoms with Gasteiger partial charge in [-0.1, -0.05) is 25.4 Å². The fraction of sp³-hybridized carbons (Fsp3) is 0.524. The van der Waals surface area contributed by atoms with Crippen LogP contribution in [0.15, 0.2) is 18.5 Å². The molecule has 0 spiro atoms. The molecule has 2 aliphatic rings. The number of nitrogens with one attached hydrogen (secondary N) is 2. The molecule has 1 atom stereocenters. The third-order valence-electron chi connectivity index (χ3n) is 5.86. The summed E-state index contributed by atoms with van der Waals surface area (Å²) in [6.07, 6.45) is 6.26. The number of carbonyl (C=O) groups is 2. The molecule has 0 saturated carbocycles. The first-order chi connectivity index (χ1) is 14.3. The number of anilines is 1. The van der Waals surface area contributed by atoms with Crippen LogP contribution in [0, 0.1) is 5.41 Å². The minimum atomic E-state index is -0.169. The predicted molar refractivity (Wildman–Crippen MR) is 115 cm³/mol. The van der Waals surface area contributed by atoms with Crippen LogP contribution in [0.3, 0.4) is 0 Å². The van der Waals surface area contributed by atoms with Gasteiger partial charge in [-0.05, 0) is 30.7 Å². The van der Waals surface area contributed by atoms with E-state index < -0.39 is 0 Å². The van der Waals surface area contributed by atoms with E-state index in [1.807, 2.05) is 10.9 Å². The summed E-state index contributed by atoms with van der Waals surface area (Å²) >= 11 is 6.44. The number of pyridine rings is 1. The van der Waals surface area contributed by atoms with E-state index in [-0.39, 0.29) is 29.8 Å². The summed E-state index contributed by atoms with van der Waals surface area (Å²) < 4.78 is 2.03. The first-order valence-corrected chi connectivity index (χ1v) is 10.6. The molecule has 0 bridgehead atoms. The summed E-state index contributed by atoms with van der Waals surface area (Å²) in [5.41, 5.74) is 3.10. The molecule has 4 heterocycles. The molecule has 1 saturated heterocycles. The van der Waals surface area contributed by atoms with E-state index in [2.05, 4.69) is 34.6 Å². The Bertz CT molecular complexity index is 986. The fourth-order valence-corrected chi connectivity index (χ4v) is 4.66. The number of amides is 3. The Hall–Kier alpha value is -2.61. The highest BCUT2D eigenvalue weighted by atomic mass is 35.5. The van der Waals surface area contributed by atoms with Gasteiger partial charge in [-0.3, -0.25) is 9.48 Å². The summed E-state index contributed by atoms with van der Waals surface area (Å²) in [5, 5.41) is 10.5. The summed E-state index contributed by atoms with van der Waals surface area (Å²) in [4.78, 5) is 30.6. The molecular formula is C21H27ClN6O2. The zero-order chi connectivity index (χ0) is 21.5. The van der Waals surface area contributed by atoms with Gasteiger partial charge in [0.25, 0.3) is 0 Å². The number of fused-ring (bicyclic) bond motifs is 1. The number of aromatic nitrogens is 3. The number of halogens is 1. The molecule has 2 aromatic heterocycles. The molecular weight excluding hydrogens is 404 g/mol. The predicted octanol–water partition coefficient (Wildman–Crippen LogP) is 3.31. The Morgan fingerprint density at radius 3 is 2.87 bits per heavy atom. The van der Waals surface area contributed by atoms with Crippen molar-refractivity contribution in [2.45, 2.75) is 52.1 Å². The molecule has 30 heavy (non-hydrogen) atoms. The molecule has 160 valence electrons. The minimum absolute atomic E-state index is 0.0992. The molecule has 2 aromatic rings. The van der Waals surface area contributed by atoms with Gasteiger partial charge in [0.05, 0.1) is 11.2 Å². The number of rotatable bonds is 4. The molecule has 0 unspecified atom stereocenters. The number of hydrogen-bond donors (Lipinski definition) is 2. The highest BCUT2D eigenvalue weighted by molar-refractivity contribution is 6.33. The van der Waals surface area contributed by atoms with Crippen molar-refractivity contribution in [3.8, 4) is 11.1 Å². The van der Waals surface area contributed by atoms with Crippen LogP contribution in [0.5, 0.6) is 0 Å². The van der Waals surface area contributed by atoms with E-state index in [1.54, 1.807) is 24.2 Å². The maximum absolute atomic E-state index is 12.6. The Labute approximate surface area is 181 Å². The summed E-state index contributed by atoms with van der Waals surface area (Å²) in [7, 11) is 1.60. The molecule has 3 amide bonds. The van der Waals surface area contributed by atoms with Gasteiger partial charge >= 0.3 is 6.03 Å². The average Bonchev–Trinajstić information content (AvgIpc) is 3.36. The van der Waals surface area contributed by atoms with Gasteiger partial charge in [-0.15, -0.1) is 0 Å². The molecule has 8 nitrogen and oxygen atoms in total. The van der Waals surface area contributed by atoms with Crippen LogP contribution in [-0.4, -0.2) is 51.2 Å². The number of urea groups is 1. The standard InChI is InChI=1S/C21H27ClN6O2/c1-21(2)9-17-15(10-25-28(17)12-21)14-8-18(24-11-16(14)22)26-19(29)7-13-5-4-6-27(13)20(30)23-3/h8,10-11,13H,4-7,9,12H2,1-3H3,(H,23,30)(H,24,26,29)/t13-/m0/s1. The third-order valence-corrected chi connectivity index (χ3v) is 6.16. The lowest BCUT2D eigenvalue weighted by Gasteiger charge is -2.23. The second-order valence-electron chi connectivity index (χ2n) is 8.85. The van der Waals surface area contributed by atoms with E-state index in [9.17, 15) is 9.59 Å². The van der Waals surface area contributed by atoms with Gasteiger partial charge in [0, 0.05) is 55.6 Å². The van der Waals surface area contributed by atoms with Crippen molar-refractivity contribution in [3.05, 3.63) is 29.2 Å². The quantitative estimate of drug-likeness (QED) is 0.778. The van der Waals surface area contributed by atoms with Crippen LogP contribution in [0.2, 0.25) is 5.02 Å². The molecule has 2 N–H and O–H groups in total. The lowest BCUT2D eigenvalue weighted by molar-refractivity contribution is -0.117. The molecule has 4 rings (SSSR count). The van der Waals surface area contributed by atoms with Crippen molar-refractivity contribution in [1.29, 1.82) is 0 Å². The summed E-state index contributed by atoms with van der Waals surface area (Å²) in [6, 6.07) is 1.56. The van der Waals surface area contributed by atoms with Crippen molar-refractivity contribution in [2.24, 2.45) is 5.41 Å². The van der Waals surface area contributed by atoms with Gasteiger partial charge in [0.2, 0.25) is 5.91 Å². The smallest absolute Gasteiger partial charge is 0.317 e. The monoisotopic (exact) mass is 430 g/mol. The molecule has 0 aliphatic carbocycles. The number of nitrogens with zero attached hydrogens (tertiary/aromatic N) is 4. The van der Waals surface area contributed by atoms with Crippen LogP contribution >= 0.6 is 11.6 Å². The van der Waals surface area contributed by atoms with Crippen molar-refractivity contribution in [2.75, 3.05) is 18.9 Å². The maximum Gasteiger partial charge on any atom is 0.317 e. The first kappa shape index (κ1) is 20.7. The largest absolute Gasteiger partial charge is 0.341 e. The molecule has 1 fully saturated rings. The maximum atomic E-state index is 12.6. The molecule has 0 aromatic carbocycles. The number of carbonyl (C=O) groups excluding carboxylic acids is 2. The zero-order valence-electron chi connectivity index (χ0n) is 17.5. The second-order valence-corrected chi connectivity index (χ2v) is 9.26. The Balaban J connectivity index is 1.50. The van der Waals surface area contributed by atoms with E-state index >= 15 is 0 Å². The Kier molecular flexibility index (Phi) is 5.44. The van der Waals surface area contributed by atoms with Crippen LogP contribution in [0.1, 0.15) is 38.8 Å². The zero-order valence-corrected chi connectivity index (χ0v) is 18.3. The summed E-state index contributed by atoms with van der Waals surface area (Å²) in [5.74, 6) is 0.277. The lowest BCUT2D eigenvalue weighted by atomic mass is 9.89. The van der Waals surface area contributed by atoms with E-state index in [4.69, 9.17) is 11.6 Å². The highest BCUT2D eigenvalue weighted by Gasteiger charge is 2.32. The van der Waals surface area contributed by atoms with Crippen molar-refractivity contribution >= 4 is 29.4 Å². The van der Waals surface area contributed by atoms with Gasteiger partial charge < -0.3 is 15.5 Å². The fourth-order valence-electron chi connectivity index (χ4n) is 4.45. The van der Waals surface area contributed by atoms with E-state index in [1.165, 1.54) is 0 Å². The van der Waals surface area contributed by atoms with Crippen LogP contribution < -0.4 is 10.6 Å². The minimum Gasteiger partial charge on any atom is -0.341 e. The van der Waals surface area contributed by atoms with E-state index in [0.29, 0.717) is 17.4 Å². The highest BCUT2D eigenvalue weighted by Crippen LogP contribution is 2.39. The number of hydrogen-bond acceptors (Lipinski definition) is 4. The average molecular weight is 431 g/mol. The van der Waals surface area contributed by atoms with Gasteiger partial charge in [0.1, 0.15) is 5.82 Å². The molecule has 2 aliphatic heterocycles. The van der Waals surface area contributed by atoms with Crippen LogP contribution in [0.4, 0.5) is 10.6 Å². The molecule has 9 heteroatoms. The molecule has 0 radical (unpaired) electrons. The third kappa shape index (κ3) is 4.01. The SMILES string of the molecule is CNC(=O)N1CCC[C@H]1CC(=O)Nc1cc(-c2cnn3c2CC(C)(C)C3)c(Cl)cn1. The van der Waals surface area contributed by atoms with Crippen molar-refractivity contribution in [3.63, 3.8) is 0 Å². The summed E-state index contributed by atoms with van der Waals surface area (Å²) in [6.45, 7) is 5.98. The van der Waals surface area contributed by atoms with Gasteiger partial charge in [-0.2, -0.15) is 5.10 Å². The van der Waals surface area contributed by atoms with Crippen molar-refractivity contribution < 1.29 is 9.59 Å². The number of likely N-dealkylation sites (tertiary alicyclic amines) is 1. The normalized spacial score (nSPS) is 19.6. The Morgan fingerprint density at radius 1 is 1.30 bits per heavy atom. The van der Waals surface area contributed by atoms with Gasteiger partial charge in [0.15, 0.2) is 0 Å². The van der Waals surface area contributed by atoms with Gasteiger partial charge in [-0.25, -0.2) is 9.78 Å². The second kappa shape index (κ2) is 7.91. The van der Waals surface area contributed by atoms with Crippen LogP contribution in [0.25, 0.3) is 11.1 Å². The van der Waals surface area contributed by atoms with Crippen LogP contribution in [-0.2, 0) is 17.8 Å².